The van der Waals surface area contributed by atoms with Crippen molar-refractivity contribution >= 4 is 17.6 Å². The summed E-state index contributed by atoms with van der Waals surface area (Å²) in [5.74, 6) is -3.23. The molecule has 1 aromatic heterocycles. The third-order valence-electron chi connectivity index (χ3n) is 5.12. The van der Waals surface area contributed by atoms with Crippen LogP contribution in [0.3, 0.4) is 0 Å². The average Bonchev–Trinajstić information content (AvgIpc) is 3.00. The normalized spacial score (nSPS) is 17.9. The molecule has 0 unspecified atom stereocenters. The van der Waals surface area contributed by atoms with Crippen molar-refractivity contribution in [3.05, 3.63) is 62.3 Å². The Labute approximate surface area is 174 Å². The second-order valence-electron chi connectivity index (χ2n) is 7.22. The number of unbranched alkanes of at least 4 members (excludes halogenated alkanes) is 1. The molecule has 2 amide bonds. The fourth-order valence-electron chi connectivity index (χ4n) is 3.53. The number of anilines is 1. The molecule has 0 bridgehead atoms. The minimum atomic E-state index is -5.32. The highest BCUT2D eigenvalue weighted by Gasteiger charge is 2.68. The zero-order chi connectivity index (χ0) is 22.8. The Balaban J connectivity index is 2.11. The maximum absolute atomic E-state index is 14.2. The lowest BCUT2D eigenvalue weighted by atomic mass is 9.91. The lowest BCUT2D eigenvalue weighted by Crippen LogP contribution is -2.62. The van der Waals surface area contributed by atoms with Crippen molar-refractivity contribution in [2.75, 3.05) is 5.32 Å². The summed E-state index contributed by atoms with van der Waals surface area (Å²) in [6.45, 7) is 1.65. The first-order valence-corrected chi connectivity index (χ1v) is 9.72. The predicted molar refractivity (Wildman–Crippen MR) is 105 cm³/mol. The van der Waals surface area contributed by atoms with Gasteiger partial charge in [-0.15, -0.1) is 0 Å². The molecule has 1 aliphatic heterocycles. The second kappa shape index (κ2) is 8.40. The molecule has 3 N–H and O–H groups in total. The molecule has 1 aromatic carbocycles. The van der Waals surface area contributed by atoms with Gasteiger partial charge in [-0.2, -0.15) is 13.2 Å². The largest absolute Gasteiger partial charge is 0.425 e. The number of nitrogens with zero attached hydrogens (tertiary/aromatic N) is 1. The predicted octanol–water partition coefficient (Wildman–Crippen LogP) is 1.80. The topological polar surface area (TPSA) is 113 Å². The molecule has 0 spiro atoms. The van der Waals surface area contributed by atoms with Crippen LogP contribution < -0.4 is 21.9 Å². The van der Waals surface area contributed by atoms with Gasteiger partial charge in [0.05, 0.1) is 0 Å². The van der Waals surface area contributed by atoms with E-state index >= 15 is 0 Å². The first-order chi connectivity index (χ1) is 14.6. The summed E-state index contributed by atoms with van der Waals surface area (Å²) >= 11 is 0. The van der Waals surface area contributed by atoms with Gasteiger partial charge in [-0.3, -0.25) is 23.9 Å². The van der Waals surface area contributed by atoms with Gasteiger partial charge < -0.3 is 10.6 Å². The number of H-pyrrole nitrogens is 1. The van der Waals surface area contributed by atoms with Crippen LogP contribution in [0.2, 0.25) is 0 Å². The van der Waals surface area contributed by atoms with Gasteiger partial charge in [0.1, 0.15) is 11.4 Å². The van der Waals surface area contributed by atoms with Crippen LogP contribution in [0.25, 0.3) is 0 Å². The van der Waals surface area contributed by atoms with E-state index in [4.69, 9.17) is 0 Å². The van der Waals surface area contributed by atoms with Gasteiger partial charge in [0.15, 0.2) is 0 Å². The lowest BCUT2D eigenvalue weighted by molar-refractivity contribution is -0.200. The third-order valence-corrected chi connectivity index (χ3v) is 5.12. The van der Waals surface area contributed by atoms with E-state index in [1.165, 1.54) is 0 Å². The molecular weight excluding hydrogens is 417 g/mol. The zero-order valence-corrected chi connectivity index (χ0v) is 16.6. The van der Waals surface area contributed by atoms with Crippen LogP contribution in [0.15, 0.2) is 39.9 Å². The number of benzene rings is 1. The number of carbonyl (C=O) groups is 2. The Kier molecular flexibility index (Phi) is 6.05. The highest BCUT2D eigenvalue weighted by atomic mass is 19.4. The van der Waals surface area contributed by atoms with Gasteiger partial charge in [-0.1, -0.05) is 43.7 Å². The second-order valence-corrected chi connectivity index (χ2v) is 7.22. The molecule has 2 heterocycles. The SMILES string of the molecule is CCCCC(=O)N[C@]1(C(F)(F)F)C(=O)Nc2c1c(=O)[nH]c(=O)n2CCc1ccccc1. The maximum Gasteiger partial charge on any atom is 0.425 e. The number of amides is 2. The molecule has 0 aliphatic carbocycles. The van der Waals surface area contributed by atoms with E-state index in [0.717, 1.165) is 10.1 Å². The molecule has 166 valence electrons. The molecule has 0 fully saturated rings. The quantitative estimate of drug-likeness (QED) is 0.612. The number of aryl methyl sites for hydroxylation is 1. The number of alkyl halides is 3. The minimum Gasteiger partial charge on any atom is -0.330 e. The standard InChI is InChI=1S/C20H21F3N4O4/c1-2-3-9-13(28)26-19(20(21,22)23)14-15(24-17(19)30)27(18(31)25-16(14)29)11-10-12-7-5-4-6-8-12/h4-8H,2-3,9-11H2,1H3,(H,24,30)(H,26,28)(H,25,29,31)/t19-/m0/s1. The van der Waals surface area contributed by atoms with Gasteiger partial charge >= 0.3 is 11.9 Å². The molecule has 11 heteroatoms. The van der Waals surface area contributed by atoms with Crippen LogP contribution in [0.5, 0.6) is 0 Å². The van der Waals surface area contributed by atoms with Crippen molar-refractivity contribution in [3.8, 4) is 0 Å². The summed E-state index contributed by atoms with van der Waals surface area (Å²) in [6, 6.07) is 8.84. The summed E-state index contributed by atoms with van der Waals surface area (Å²) < 4.78 is 43.4. The van der Waals surface area contributed by atoms with Crippen LogP contribution >= 0.6 is 0 Å². The summed E-state index contributed by atoms with van der Waals surface area (Å²) in [4.78, 5) is 51.4. The average molecular weight is 438 g/mol. The van der Waals surface area contributed by atoms with Crippen molar-refractivity contribution in [3.63, 3.8) is 0 Å². The summed E-state index contributed by atoms with van der Waals surface area (Å²) in [6.07, 6.45) is -4.45. The zero-order valence-electron chi connectivity index (χ0n) is 16.6. The Bertz CT molecular complexity index is 1110. The van der Waals surface area contributed by atoms with Crippen LogP contribution in [0.1, 0.15) is 37.3 Å². The number of aromatic amines is 1. The number of rotatable bonds is 7. The summed E-state index contributed by atoms with van der Waals surface area (Å²) in [5.41, 5.74) is -6.17. The van der Waals surface area contributed by atoms with Crippen LogP contribution in [0.4, 0.5) is 19.0 Å². The number of nitrogens with one attached hydrogen (secondary N) is 3. The number of hydrogen-bond donors (Lipinski definition) is 3. The Morgan fingerprint density at radius 1 is 1.16 bits per heavy atom. The van der Waals surface area contributed by atoms with Gasteiger partial charge in [0.25, 0.3) is 11.5 Å². The number of halogens is 3. The maximum atomic E-state index is 14.2. The van der Waals surface area contributed by atoms with Gasteiger partial charge in [0.2, 0.25) is 11.4 Å². The van der Waals surface area contributed by atoms with Crippen molar-refractivity contribution in [1.29, 1.82) is 0 Å². The number of hydrogen-bond acceptors (Lipinski definition) is 4. The fraction of sp³-hybridized carbons (Fsp3) is 0.400. The van der Waals surface area contributed by atoms with Crippen molar-refractivity contribution in [2.45, 2.75) is 50.9 Å². The van der Waals surface area contributed by atoms with E-state index in [1.807, 2.05) is 10.3 Å². The third kappa shape index (κ3) is 3.99. The van der Waals surface area contributed by atoms with E-state index in [-0.39, 0.29) is 19.4 Å². The first kappa shape index (κ1) is 22.3. The van der Waals surface area contributed by atoms with E-state index in [9.17, 15) is 32.3 Å². The highest BCUT2D eigenvalue weighted by molar-refractivity contribution is 6.07. The van der Waals surface area contributed by atoms with Crippen molar-refractivity contribution in [2.24, 2.45) is 0 Å². The van der Waals surface area contributed by atoms with Gasteiger partial charge in [0, 0.05) is 13.0 Å². The lowest BCUT2D eigenvalue weighted by Gasteiger charge is -2.30. The van der Waals surface area contributed by atoms with Gasteiger partial charge in [-0.05, 0) is 18.4 Å². The number of aromatic nitrogens is 2. The molecule has 2 aromatic rings. The first-order valence-electron chi connectivity index (χ1n) is 9.72. The monoisotopic (exact) mass is 438 g/mol. The molecule has 1 aliphatic rings. The fourth-order valence-corrected chi connectivity index (χ4v) is 3.53. The molecule has 0 saturated heterocycles. The molecule has 3 rings (SSSR count). The smallest absolute Gasteiger partial charge is 0.330 e. The van der Waals surface area contributed by atoms with E-state index < -0.39 is 46.2 Å². The van der Waals surface area contributed by atoms with Crippen LogP contribution in [0, 0.1) is 0 Å². The van der Waals surface area contributed by atoms with Crippen LogP contribution in [-0.2, 0) is 28.1 Å². The van der Waals surface area contributed by atoms with Crippen molar-refractivity contribution < 1.29 is 22.8 Å². The van der Waals surface area contributed by atoms with Crippen LogP contribution in [-0.4, -0.2) is 27.5 Å². The Morgan fingerprint density at radius 2 is 1.84 bits per heavy atom. The number of carbonyl (C=O) groups excluding carboxylic acids is 2. The van der Waals surface area contributed by atoms with Gasteiger partial charge in [-0.25, -0.2) is 4.79 Å². The molecule has 8 nitrogen and oxygen atoms in total. The Morgan fingerprint density at radius 3 is 2.45 bits per heavy atom. The molecule has 31 heavy (non-hydrogen) atoms. The summed E-state index contributed by atoms with van der Waals surface area (Å²) in [5, 5.41) is 3.74. The summed E-state index contributed by atoms with van der Waals surface area (Å²) in [7, 11) is 0. The number of fused-ring (bicyclic) bond motifs is 1. The highest BCUT2D eigenvalue weighted by Crippen LogP contribution is 2.45. The van der Waals surface area contributed by atoms with E-state index in [1.54, 1.807) is 42.6 Å². The molecule has 0 radical (unpaired) electrons. The molecule has 0 saturated carbocycles. The molecular formula is C20H21F3N4O4. The van der Waals surface area contributed by atoms with Crippen molar-refractivity contribution in [1.82, 2.24) is 14.9 Å². The Hall–Kier alpha value is -3.37. The minimum absolute atomic E-state index is 0.0973. The van der Waals surface area contributed by atoms with E-state index in [2.05, 4.69) is 0 Å². The molecule has 1 atom stereocenters. The van der Waals surface area contributed by atoms with E-state index in [0.29, 0.717) is 12.8 Å².